The molecule has 0 saturated heterocycles. The molecule has 0 spiro atoms. The van der Waals surface area contributed by atoms with Crippen LogP contribution in [0, 0.1) is 10.6 Å². The van der Waals surface area contributed by atoms with Crippen LogP contribution in [-0.2, 0) is 0 Å². The van der Waals surface area contributed by atoms with Crippen molar-refractivity contribution in [3.63, 3.8) is 0 Å². The molecule has 1 atom stereocenters. The van der Waals surface area contributed by atoms with Crippen molar-refractivity contribution >= 4 is 34.7 Å². The predicted octanol–water partition coefficient (Wildman–Crippen LogP) is 6.63. The van der Waals surface area contributed by atoms with E-state index in [1.165, 1.54) is 25.7 Å². The number of aromatic amines is 1. The van der Waals surface area contributed by atoms with Gasteiger partial charge in [0.25, 0.3) is 0 Å². The van der Waals surface area contributed by atoms with Gasteiger partial charge in [-0.1, -0.05) is 50.5 Å². The normalized spacial score (nSPS) is 16.8. The second kappa shape index (κ2) is 7.23. The molecule has 0 aliphatic heterocycles. The van der Waals surface area contributed by atoms with Crippen LogP contribution in [0.4, 0.5) is 0 Å². The Morgan fingerprint density at radius 3 is 2.78 bits per heavy atom. The van der Waals surface area contributed by atoms with E-state index in [-0.39, 0.29) is 0 Å². The Morgan fingerprint density at radius 2 is 2.09 bits per heavy atom. The van der Waals surface area contributed by atoms with E-state index in [1.807, 2.05) is 18.2 Å². The number of aromatic nitrogens is 1. The van der Waals surface area contributed by atoms with Crippen molar-refractivity contribution in [2.24, 2.45) is 5.92 Å². The van der Waals surface area contributed by atoms with Crippen LogP contribution in [-0.4, -0.2) is 11.6 Å². The summed E-state index contributed by atoms with van der Waals surface area (Å²) in [5.41, 5.74) is 2.11. The molecule has 1 fully saturated rings. The van der Waals surface area contributed by atoms with Crippen LogP contribution < -0.4 is 4.74 Å². The Morgan fingerprint density at radius 1 is 1.35 bits per heavy atom. The molecule has 1 unspecified atom stereocenters. The van der Waals surface area contributed by atoms with Crippen molar-refractivity contribution in [2.75, 3.05) is 6.61 Å². The van der Waals surface area contributed by atoms with Crippen LogP contribution >= 0.6 is 23.8 Å². The highest BCUT2D eigenvalue weighted by Crippen LogP contribution is 2.37. The number of hydrogen-bond donors (Lipinski definition) is 1. The summed E-state index contributed by atoms with van der Waals surface area (Å²) in [6.07, 6.45) is 6.23. The number of H-pyrrole nitrogens is 1. The quantitative estimate of drug-likeness (QED) is 0.612. The summed E-state index contributed by atoms with van der Waals surface area (Å²) in [5, 5.41) is 1.77. The molecule has 1 heterocycles. The minimum Gasteiger partial charge on any atom is -0.492 e. The van der Waals surface area contributed by atoms with Crippen molar-refractivity contribution in [1.82, 2.24) is 4.98 Å². The summed E-state index contributed by atoms with van der Waals surface area (Å²) >= 11 is 11.9. The number of halogens is 1. The van der Waals surface area contributed by atoms with Gasteiger partial charge in [0.05, 0.1) is 12.1 Å². The van der Waals surface area contributed by atoms with Crippen LogP contribution in [0.25, 0.3) is 10.9 Å². The van der Waals surface area contributed by atoms with E-state index in [1.54, 1.807) is 0 Å². The largest absolute Gasteiger partial charge is 0.492 e. The Labute approximate surface area is 148 Å². The van der Waals surface area contributed by atoms with Gasteiger partial charge >= 0.3 is 0 Å². The number of rotatable bonds is 5. The van der Waals surface area contributed by atoms with Gasteiger partial charge in [-0.2, -0.15) is 0 Å². The van der Waals surface area contributed by atoms with Crippen molar-refractivity contribution in [3.05, 3.63) is 33.4 Å². The smallest absolute Gasteiger partial charge is 0.135 e. The Bertz CT molecular complexity index is 749. The average Bonchev–Trinajstić information content (AvgIpc) is 3.05. The van der Waals surface area contributed by atoms with Crippen molar-refractivity contribution in [1.29, 1.82) is 0 Å². The van der Waals surface area contributed by atoms with Gasteiger partial charge in [0, 0.05) is 16.0 Å². The molecule has 1 saturated carbocycles. The van der Waals surface area contributed by atoms with Gasteiger partial charge in [-0.3, -0.25) is 0 Å². The highest BCUT2D eigenvalue weighted by molar-refractivity contribution is 7.71. The molecular formula is C19H24ClNOS. The zero-order valence-corrected chi connectivity index (χ0v) is 15.4. The number of nitrogens with one attached hydrogen (secondary N) is 1. The standard InChI is InChI=1S/C19H24ClNOS/c1-3-12(2)17-18(22-11-13-6-4-5-7-13)15-10-14(20)8-9-16(15)21-19(17)23/h8-10,12-13H,3-7,11H2,1-2H3,(H,21,23). The van der Waals surface area contributed by atoms with Gasteiger partial charge in [0.1, 0.15) is 10.4 Å². The van der Waals surface area contributed by atoms with E-state index < -0.39 is 0 Å². The lowest BCUT2D eigenvalue weighted by Crippen LogP contribution is -2.11. The molecule has 1 aliphatic rings. The lowest BCUT2D eigenvalue weighted by molar-refractivity contribution is 0.251. The highest BCUT2D eigenvalue weighted by Gasteiger charge is 2.20. The Kier molecular flexibility index (Phi) is 5.27. The molecule has 0 radical (unpaired) electrons. The number of hydrogen-bond acceptors (Lipinski definition) is 2. The first-order valence-corrected chi connectivity index (χ1v) is 9.37. The first kappa shape index (κ1) is 16.8. The molecule has 2 aromatic rings. The van der Waals surface area contributed by atoms with Crippen molar-refractivity contribution < 1.29 is 4.74 Å². The number of pyridine rings is 1. The topological polar surface area (TPSA) is 25.0 Å². The summed E-state index contributed by atoms with van der Waals surface area (Å²) in [5.74, 6) is 1.97. The van der Waals surface area contributed by atoms with Gasteiger partial charge < -0.3 is 9.72 Å². The van der Waals surface area contributed by atoms with Crippen LogP contribution in [0.1, 0.15) is 57.4 Å². The number of fused-ring (bicyclic) bond motifs is 1. The van der Waals surface area contributed by atoms with Gasteiger partial charge in [-0.05, 0) is 49.3 Å². The van der Waals surface area contributed by atoms with Gasteiger partial charge in [0.15, 0.2) is 0 Å². The first-order chi connectivity index (χ1) is 11.1. The minimum absolute atomic E-state index is 0.362. The summed E-state index contributed by atoms with van der Waals surface area (Å²) in [6.45, 7) is 5.17. The molecule has 1 aromatic carbocycles. The zero-order chi connectivity index (χ0) is 16.4. The molecule has 1 aliphatic carbocycles. The van der Waals surface area contributed by atoms with E-state index in [9.17, 15) is 0 Å². The SMILES string of the molecule is CCC(C)c1c(OCC2CCCC2)c2cc(Cl)ccc2[nH]c1=S. The number of ether oxygens (including phenoxy) is 1. The summed E-state index contributed by atoms with van der Waals surface area (Å²) in [6, 6.07) is 5.85. The van der Waals surface area contributed by atoms with Crippen molar-refractivity contribution in [3.8, 4) is 5.75 Å². The maximum Gasteiger partial charge on any atom is 0.135 e. The van der Waals surface area contributed by atoms with Gasteiger partial charge in [-0.25, -0.2) is 0 Å². The number of benzene rings is 1. The third-order valence-electron chi connectivity index (χ3n) is 5.01. The molecular weight excluding hydrogens is 326 g/mol. The molecule has 124 valence electrons. The highest BCUT2D eigenvalue weighted by atomic mass is 35.5. The lowest BCUT2D eigenvalue weighted by atomic mass is 9.97. The van der Waals surface area contributed by atoms with Gasteiger partial charge in [0.2, 0.25) is 0 Å². The fourth-order valence-electron chi connectivity index (χ4n) is 3.44. The second-order valence-corrected chi connectivity index (χ2v) is 7.50. The molecule has 4 heteroatoms. The van der Waals surface area contributed by atoms with E-state index in [0.29, 0.717) is 11.8 Å². The summed E-state index contributed by atoms with van der Waals surface area (Å²) < 4.78 is 7.14. The van der Waals surface area contributed by atoms with Crippen LogP contribution in [0.5, 0.6) is 5.75 Å². The third-order valence-corrected chi connectivity index (χ3v) is 5.56. The lowest BCUT2D eigenvalue weighted by Gasteiger charge is -2.20. The fourth-order valence-corrected chi connectivity index (χ4v) is 4.01. The van der Waals surface area contributed by atoms with Gasteiger partial charge in [-0.15, -0.1) is 0 Å². The van der Waals surface area contributed by atoms with E-state index in [4.69, 9.17) is 28.6 Å². The molecule has 1 N–H and O–H groups in total. The van der Waals surface area contributed by atoms with Crippen LogP contribution in [0.2, 0.25) is 5.02 Å². The minimum atomic E-state index is 0.362. The maximum atomic E-state index is 6.35. The second-order valence-electron chi connectivity index (χ2n) is 6.66. The molecule has 1 aromatic heterocycles. The van der Waals surface area contributed by atoms with Crippen LogP contribution in [0.3, 0.4) is 0 Å². The van der Waals surface area contributed by atoms with Crippen LogP contribution in [0.15, 0.2) is 18.2 Å². The first-order valence-electron chi connectivity index (χ1n) is 8.58. The van der Waals surface area contributed by atoms with Crippen molar-refractivity contribution in [2.45, 2.75) is 51.9 Å². The monoisotopic (exact) mass is 349 g/mol. The molecule has 3 rings (SSSR count). The zero-order valence-electron chi connectivity index (χ0n) is 13.8. The maximum absolute atomic E-state index is 6.35. The van der Waals surface area contributed by atoms with E-state index in [2.05, 4.69) is 18.8 Å². The molecule has 0 bridgehead atoms. The Hall–Kier alpha value is -1.06. The van der Waals surface area contributed by atoms with E-state index in [0.717, 1.165) is 44.9 Å². The molecule has 2 nitrogen and oxygen atoms in total. The third kappa shape index (κ3) is 3.56. The molecule has 23 heavy (non-hydrogen) atoms. The summed E-state index contributed by atoms with van der Waals surface area (Å²) in [4.78, 5) is 3.35. The predicted molar refractivity (Wildman–Crippen MR) is 100 cm³/mol. The van der Waals surface area contributed by atoms with E-state index >= 15 is 0 Å². The molecule has 0 amide bonds. The summed E-state index contributed by atoms with van der Waals surface area (Å²) in [7, 11) is 0. The fraction of sp³-hybridized carbons (Fsp3) is 0.526. The average molecular weight is 350 g/mol. The Balaban J connectivity index is 2.08.